The Morgan fingerprint density at radius 2 is 2.19 bits per heavy atom. The van der Waals surface area contributed by atoms with Gasteiger partial charge in [0.25, 0.3) is 0 Å². The van der Waals surface area contributed by atoms with Gasteiger partial charge < -0.3 is 4.90 Å². The molecule has 4 heteroatoms. The summed E-state index contributed by atoms with van der Waals surface area (Å²) >= 11 is 7.45. The molecule has 1 aromatic rings. The first-order chi connectivity index (χ1) is 7.76. The molecule has 1 rings (SSSR count). The van der Waals surface area contributed by atoms with Crippen molar-refractivity contribution < 1.29 is 0 Å². The molecule has 0 aliphatic rings. The second-order valence-corrected chi connectivity index (χ2v) is 5.34. The third-order valence-corrected chi connectivity index (χ3v) is 3.75. The van der Waals surface area contributed by atoms with Crippen LogP contribution in [0, 0.1) is 0 Å². The van der Waals surface area contributed by atoms with Gasteiger partial charge in [-0.1, -0.05) is 6.92 Å². The smallest absolute Gasteiger partial charge is 0.0928 e. The van der Waals surface area contributed by atoms with Crippen LogP contribution in [0.2, 0.25) is 0 Å². The van der Waals surface area contributed by atoms with Crippen molar-refractivity contribution in [3.05, 3.63) is 16.1 Å². The van der Waals surface area contributed by atoms with Crippen LogP contribution in [0.1, 0.15) is 36.9 Å². The Kier molecular flexibility index (Phi) is 7.01. The topological polar surface area (TPSA) is 16.1 Å². The first-order valence-corrected chi connectivity index (χ1v) is 7.35. The van der Waals surface area contributed by atoms with Gasteiger partial charge >= 0.3 is 0 Å². The minimum atomic E-state index is 0.537. The van der Waals surface area contributed by atoms with Crippen LogP contribution in [0.4, 0.5) is 0 Å². The van der Waals surface area contributed by atoms with Gasteiger partial charge in [0.2, 0.25) is 0 Å². The number of thiazole rings is 1. The molecule has 92 valence electrons. The zero-order valence-corrected chi connectivity index (χ0v) is 11.8. The van der Waals surface area contributed by atoms with Crippen LogP contribution in [-0.4, -0.2) is 30.0 Å². The Morgan fingerprint density at radius 1 is 1.38 bits per heavy atom. The molecule has 0 bridgehead atoms. The van der Waals surface area contributed by atoms with E-state index in [9.17, 15) is 0 Å². The molecule has 0 fully saturated rings. The van der Waals surface area contributed by atoms with Crippen LogP contribution in [0.5, 0.6) is 0 Å². The Hall–Kier alpha value is -0.120. The van der Waals surface area contributed by atoms with Gasteiger partial charge in [-0.3, -0.25) is 0 Å². The number of nitrogens with zero attached hydrogens (tertiary/aromatic N) is 2. The van der Waals surface area contributed by atoms with Gasteiger partial charge in [0.05, 0.1) is 16.6 Å². The van der Waals surface area contributed by atoms with Crippen LogP contribution >= 0.6 is 22.9 Å². The first-order valence-electron chi connectivity index (χ1n) is 5.94. The number of aromatic nitrogens is 1. The van der Waals surface area contributed by atoms with E-state index in [1.54, 1.807) is 11.3 Å². The van der Waals surface area contributed by atoms with E-state index >= 15 is 0 Å². The number of hydrogen-bond donors (Lipinski definition) is 0. The average Bonchev–Trinajstić information content (AvgIpc) is 2.73. The summed E-state index contributed by atoms with van der Waals surface area (Å²) in [7, 11) is 2.19. The molecular formula is C12H21ClN2S. The number of aryl methyl sites for hydroxylation is 1. The Morgan fingerprint density at radius 3 is 2.81 bits per heavy atom. The van der Waals surface area contributed by atoms with E-state index in [0.717, 1.165) is 12.1 Å². The number of unbranched alkanes of at least 4 members (excludes halogenated alkanes) is 1. The Bertz CT molecular complexity index is 288. The van der Waals surface area contributed by atoms with E-state index in [1.807, 2.05) is 0 Å². The highest BCUT2D eigenvalue weighted by molar-refractivity contribution is 7.09. The molecule has 0 atom stereocenters. The molecule has 0 aliphatic heterocycles. The van der Waals surface area contributed by atoms with Crippen molar-refractivity contribution in [1.82, 2.24) is 9.88 Å². The van der Waals surface area contributed by atoms with Crippen LogP contribution in [0.3, 0.4) is 0 Å². The predicted molar refractivity (Wildman–Crippen MR) is 72.4 cm³/mol. The van der Waals surface area contributed by atoms with Crippen molar-refractivity contribution in [2.45, 2.75) is 38.5 Å². The Balaban J connectivity index is 2.11. The minimum absolute atomic E-state index is 0.537. The van der Waals surface area contributed by atoms with Gasteiger partial charge in [0.1, 0.15) is 0 Å². The maximum atomic E-state index is 5.72. The number of hydrogen-bond acceptors (Lipinski definition) is 3. The molecule has 0 N–H and O–H groups in total. The molecule has 0 radical (unpaired) electrons. The maximum absolute atomic E-state index is 5.72. The molecule has 16 heavy (non-hydrogen) atoms. The van der Waals surface area contributed by atoms with Gasteiger partial charge in [-0.25, -0.2) is 4.98 Å². The van der Waals surface area contributed by atoms with E-state index in [-0.39, 0.29) is 0 Å². The van der Waals surface area contributed by atoms with Crippen LogP contribution in [0.25, 0.3) is 0 Å². The summed E-state index contributed by atoms with van der Waals surface area (Å²) in [5.41, 5.74) is 1.02. The number of alkyl halides is 1. The van der Waals surface area contributed by atoms with Crippen molar-refractivity contribution in [3.63, 3.8) is 0 Å². The SMILES string of the molecule is CCCN(C)CCCCc1nc(CCl)cs1. The largest absolute Gasteiger partial charge is 0.306 e. The first kappa shape index (κ1) is 13.9. The molecule has 0 unspecified atom stereocenters. The molecule has 0 saturated carbocycles. The molecule has 0 spiro atoms. The summed E-state index contributed by atoms with van der Waals surface area (Å²) in [5.74, 6) is 0.537. The summed E-state index contributed by atoms with van der Waals surface area (Å²) in [5, 5.41) is 3.29. The zero-order chi connectivity index (χ0) is 11.8. The van der Waals surface area contributed by atoms with Crippen LogP contribution in [-0.2, 0) is 12.3 Å². The second-order valence-electron chi connectivity index (χ2n) is 4.13. The lowest BCUT2D eigenvalue weighted by Gasteiger charge is -2.14. The van der Waals surface area contributed by atoms with E-state index in [1.165, 1.54) is 37.4 Å². The fourth-order valence-electron chi connectivity index (χ4n) is 1.68. The van der Waals surface area contributed by atoms with Crippen molar-refractivity contribution >= 4 is 22.9 Å². The highest BCUT2D eigenvalue weighted by Gasteiger charge is 2.01. The lowest BCUT2D eigenvalue weighted by atomic mass is 10.2. The van der Waals surface area contributed by atoms with Gasteiger partial charge in [-0.15, -0.1) is 22.9 Å². The van der Waals surface area contributed by atoms with Gasteiger partial charge in [-0.05, 0) is 45.8 Å². The lowest BCUT2D eigenvalue weighted by molar-refractivity contribution is 0.326. The third kappa shape index (κ3) is 5.28. The summed E-state index contributed by atoms with van der Waals surface area (Å²) in [4.78, 5) is 6.85. The molecule has 1 aromatic heterocycles. The monoisotopic (exact) mass is 260 g/mol. The summed E-state index contributed by atoms with van der Waals surface area (Å²) in [6.45, 7) is 4.62. The van der Waals surface area contributed by atoms with E-state index in [4.69, 9.17) is 11.6 Å². The molecule has 0 saturated heterocycles. The van der Waals surface area contributed by atoms with E-state index < -0.39 is 0 Å². The average molecular weight is 261 g/mol. The van der Waals surface area contributed by atoms with Crippen molar-refractivity contribution in [1.29, 1.82) is 0 Å². The molecule has 2 nitrogen and oxygen atoms in total. The lowest BCUT2D eigenvalue weighted by Crippen LogP contribution is -2.20. The standard InChI is InChI=1S/C12H21ClN2S/c1-3-7-15(2)8-5-4-6-12-14-11(9-13)10-16-12/h10H,3-9H2,1-2H3. The fourth-order valence-corrected chi connectivity index (χ4v) is 2.75. The van der Waals surface area contributed by atoms with Crippen molar-refractivity contribution in [2.75, 3.05) is 20.1 Å². The summed E-state index contributed by atoms with van der Waals surface area (Å²) < 4.78 is 0. The van der Waals surface area contributed by atoms with Crippen LogP contribution in [0.15, 0.2) is 5.38 Å². The normalized spacial score (nSPS) is 11.2. The van der Waals surface area contributed by atoms with Crippen LogP contribution < -0.4 is 0 Å². The molecule has 0 amide bonds. The Labute approximate surface area is 108 Å². The molecule has 0 aliphatic carbocycles. The van der Waals surface area contributed by atoms with Crippen molar-refractivity contribution in [2.24, 2.45) is 0 Å². The van der Waals surface area contributed by atoms with E-state index in [0.29, 0.717) is 5.88 Å². The number of rotatable bonds is 8. The van der Waals surface area contributed by atoms with Gasteiger partial charge in [0.15, 0.2) is 0 Å². The quantitative estimate of drug-likeness (QED) is 0.525. The molecule has 1 heterocycles. The van der Waals surface area contributed by atoms with E-state index in [2.05, 4.69) is 29.2 Å². The number of halogens is 1. The molecule has 0 aromatic carbocycles. The van der Waals surface area contributed by atoms with Gasteiger partial charge in [0, 0.05) is 5.38 Å². The second kappa shape index (κ2) is 8.04. The van der Waals surface area contributed by atoms with Crippen molar-refractivity contribution in [3.8, 4) is 0 Å². The zero-order valence-electron chi connectivity index (χ0n) is 10.2. The predicted octanol–water partition coefficient (Wildman–Crippen LogP) is 3.55. The maximum Gasteiger partial charge on any atom is 0.0928 e. The minimum Gasteiger partial charge on any atom is -0.306 e. The summed E-state index contributed by atoms with van der Waals surface area (Å²) in [6, 6.07) is 0. The fraction of sp³-hybridized carbons (Fsp3) is 0.750. The molecular weight excluding hydrogens is 240 g/mol. The summed E-state index contributed by atoms with van der Waals surface area (Å²) in [6.07, 6.45) is 4.82. The highest BCUT2D eigenvalue weighted by atomic mass is 35.5. The van der Waals surface area contributed by atoms with Gasteiger partial charge in [-0.2, -0.15) is 0 Å². The third-order valence-electron chi connectivity index (χ3n) is 2.52. The highest BCUT2D eigenvalue weighted by Crippen LogP contribution is 2.14.